The first-order valence-electron chi connectivity index (χ1n) is 10.4. The predicted molar refractivity (Wildman–Crippen MR) is 126 cm³/mol. The number of aromatic nitrogens is 1. The summed E-state index contributed by atoms with van der Waals surface area (Å²) < 4.78 is 10.7. The van der Waals surface area contributed by atoms with Crippen LogP contribution in [0.15, 0.2) is 47.8 Å². The van der Waals surface area contributed by atoms with Crippen molar-refractivity contribution in [1.29, 1.82) is 0 Å². The molecule has 0 radical (unpaired) electrons. The average molecular weight is 466 g/mol. The van der Waals surface area contributed by atoms with Crippen molar-refractivity contribution in [1.82, 2.24) is 4.98 Å². The second kappa shape index (κ2) is 9.93. The van der Waals surface area contributed by atoms with E-state index in [0.29, 0.717) is 29.3 Å². The van der Waals surface area contributed by atoms with E-state index in [4.69, 9.17) is 9.47 Å². The van der Waals surface area contributed by atoms with E-state index < -0.39 is 0 Å². The number of methoxy groups -OCH3 is 1. The summed E-state index contributed by atoms with van der Waals surface area (Å²) in [6.07, 6.45) is 0.731. The van der Waals surface area contributed by atoms with Gasteiger partial charge in [0.1, 0.15) is 5.75 Å². The van der Waals surface area contributed by atoms with Gasteiger partial charge < -0.3 is 14.8 Å². The third-order valence-corrected chi connectivity index (χ3v) is 6.01. The van der Waals surface area contributed by atoms with Gasteiger partial charge >= 0.3 is 0 Å². The molecule has 2 aromatic carbocycles. The van der Waals surface area contributed by atoms with E-state index in [1.807, 2.05) is 17.5 Å². The average Bonchev–Trinajstić information content (AvgIpc) is 3.28. The first-order valence-corrected chi connectivity index (χ1v) is 11.2. The van der Waals surface area contributed by atoms with Gasteiger partial charge in [0.25, 0.3) is 5.91 Å². The number of rotatable bonds is 8. The summed E-state index contributed by atoms with van der Waals surface area (Å²) in [5, 5.41) is 5.59. The first-order chi connectivity index (χ1) is 15.9. The lowest BCUT2D eigenvalue weighted by molar-refractivity contribution is -0.121. The zero-order valence-corrected chi connectivity index (χ0v) is 19.1. The van der Waals surface area contributed by atoms with Gasteiger partial charge in [-0.25, -0.2) is 4.98 Å². The number of nitrogens with one attached hydrogen (secondary N) is 1. The van der Waals surface area contributed by atoms with Crippen molar-refractivity contribution >= 4 is 40.3 Å². The van der Waals surface area contributed by atoms with E-state index in [2.05, 4.69) is 10.3 Å². The van der Waals surface area contributed by atoms with Crippen LogP contribution in [0.5, 0.6) is 5.75 Å². The Morgan fingerprint density at radius 2 is 2.00 bits per heavy atom. The van der Waals surface area contributed by atoms with Gasteiger partial charge in [0.05, 0.1) is 29.5 Å². The zero-order chi connectivity index (χ0) is 23.4. The minimum absolute atomic E-state index is 0.117. The summed E-state index contributed by atoms with van der Waals surface area (Å²) in [6.45, 7) is 1.77. The molecule has 0 spiro atoms. The normalized spacial score (nSPS) is 12.8. The van der Waals surface area contributed by atoms with Gasteiger partial charge in [0, 0.05) is 42.6 Å². The van der Waals surface area contributed by atoms with Crippen molar-refractivity contribution in [3.8, 4) is 17.0 Å². The lowest BCUT2D eigenvalue weighted by Crippen LogP contribution is -2.42. The van der Waals surface area contributed by atoms with Crippen LogP contribution in [0, 0.1) is 0 Å². The van der Waals surface area contributed by atoms with Crippen molar-refractivity contribution in [2.45, 2.75) is 13.3 Å². The van der Waals surface area contributed by atoms with Crippen LogP contribution in [0.1, 0.15) is 22.3 Å². The quantitative estimate of drug-likeness (QED) is 0.511. The number of Topliss-reactive ketones (excluding diaryl/α,β-unsaturated/α-hetero) is 1. The van der Waals surface area contributed by atoms with Gasteiger partial charge in [-0.05, 0) is 42.5 Å². The van der Waals surface area contributed by atoms with Gasteiger partial charge in [0.2, 0.25) is 5.91 Å². The van der Waals surface area contributed by atoms with E-state index >= 15 is 0 Å². The highest BCUT2D eigenvalue weighted by Crippen LogP contribution is 2.36. The molecule has 0 aliphatic carbocycles. The standard InChI is InChI=1S/C24H23N3O5S/c1-15(28)25-18-6-3-16(4-7-18)21(29)12-27-20-11-17(5-8-22(20)32-13-24(27)30)19-14-33-23(26-19)9-10-31-2/h3-8,11,14H,9-10,12-13H2,1-2H3,(H,25,28). The summed E-state index contributed by atoms with van der Waals surface area (Å²) in [6, 6.07) is 12.1. The summed E-state index contributed by atoms with van der Waals surface area (Å²) >= 11 is 1.55. The number of nitrogens with zero attached hydrogens (tertiary/aromatic N) is 2. The van der Waals surface area contributed by atoms with Crippen LogP contribution < -0.4 is 15.0 Å². The monoisotopic (exact) mass is 465 g/mol. The minimum atomic E-state index is -0.290. The van der Waals surface area contributed by atoms with Crippen LogP contribution in [0.2, 0.25) is 0 Å². The first kappa shape index (κ1) is 22.6. The summed E-state index contributed by atoms with van der Waals surface area (Å²) in [5.74, 6) is -0.151. The fourth-order valence-corrected chi connectivity index (χ4v) is 4.25. The summed E-state index contributed by atoms with van der Waals surface area (Å²) in [7, 11) is 1.66. The van der Waals surface area contributed by atoms with E-state index in [1.54, 1.807) is 48.8 Å². The molecule has 1 aromatic heterocycles. The van der Waals surface area contributed by atoms with Gasteiger partial charge in [-0.1, -0.05) is 0 Å². The molecule has 0 atom stereocenters. The number of fused-ring (bicyclic) bond motifs is 1. The van der Waals surface area contributed by atoms with Crippen LogP contribution in [-0.4, -0.2) is 49.4 Å². The maximum atomic E-state index is 12.9. The number of amides is 2. The van der Waals surface area contributed by atoms with E-state index in [9.17, 15) is 14.4 Å². The van der Waals surface area contributed by atoms with Crippen LogP contribution in [0.4, 0.5) is 11.4 Å². The lowest BCUT2D eigenvalue weighted by atomic mass is 10.1. The number of benzene rings is 2. The van der Waals surface area contributed by atoms with E-state index in [0.717, 1.165) is 22.7 Å². The number of hydrogen-bond acceptors (Lipinski definition) is 7. The second-order valence-electron chi connectivity index (χ2n) is 7.50. The highest BCUT2D eigenvalue weighted by Gasteiger charge is 2.28. The van der Waals surface area contributed by atoms with Crippen molar-refractivity contribution in [2.75, 3.05) is 37.1 Å². The van der Waals surface area contributed by atoms with Gasteiger partial charge in [-0.3, -0.25) is 19.3 Å². The third-order valence-electron chi connectivity index (χ3n) is 5.10. The topological polar surface area (TPSA) is 97.8 Å². The molecule has 0 saturated carbocycles. The largest absolute Gasteiger partial charge is 0.482 e. The van der Waals surface area contributed by atoms with Crippen molar-refractivity contribution in [2.24, 2.45) is 0 Å². The van der Waals surface area contributed by atoms with Gasteiger partial charge in [0.15, 0.2) is 12.4 Å². The fourth-order valence-electron chi connectivity index (χ4n) is 3.46. The number of thiazole rings is 1. The summed E-state index contributed by atoms with van der Waals surface area (Å²) in [4.78, 5) is 42.8. The molecule has 3 aromatic rings. The molecule has 170 valence electrons. The molecule has 1 aliphatic heterocycles. The SMILES string of the molecule is COCCc1nc(-c2ccc3c(c2)N(CC(=O)c2ccc(NC(C)=O)cc2)C(=O)CO3)cs1. The van der Waals surface area contributed by atoms with E-state index in [1.165, 1.54) is 11.8 Å². The van der Waals surface area contributed by atoms with Gasteiger partial charge in [-0.15, -0.1) is 11.3 Å². The Kier molecular flexibility index (Phi) is 6.81. The number of hydrogen-bond donors (Lipinski definition) is 1. The molecule has 4 rings (SSSR count). The molecule has 8 nitrogen and oxygen atoms in total. The van der Waals surface area contributed by atoms with Crippen LogP contribution >= 0.6 is 11.3 Å². The molecular weight excluding hydrogens is 442 g/mol. The third kappa shape index (κ3) is 5.27. The van der Waals surface area contributed by atoms with Gasteiger partial charge in [-0.2, -0.15) is 0 Å². The smallest absolute Gasteiger partial charge is 0.265 e. The van der Waals surface area contributed by atoms with Crippen molar-refractivity contribution < 1.29 is 23.9 Å². The molecule has 0 saturated heterocycles. The maximum absolute atomic E-state index is 12.9. The highest BCUT2D eigenvalue weighted by atomic mass is 32.1. The van der Waals surface area contributed by atoms with Crippen molar-refractivity contribution in [3.05, 3.63) is 58.4 Å². The molecule has 0 unspecified atom stereocenters. The Morgan fingerprint density at radius 1 is 1.21 bits per heavy atom. The second-order valence-corrected chi connectivity index (χ2v) is 8.44. The van der Waals surface area contributed by atoms with Crippen LogP contribution in [-0.2, 0) is 20.7 Å². The van der Waals surface area contributed by atoms with Crippen LogP contribution in [0.25, 0.3) is 11.3 Å². The maximum Gasteiger partial charge on any atom is 0.265 e. The molecule has 9 heteroatoms. The lowest BCUT2D eigenvalue weighted by Gasteiger charge is -2.29. The molecule has 0 bridgehead atoms. The van der Waals surface area contributed by atoms with Crippen molar-refractivity contribution in [3.63, 3.8) is 0 Å². The number of carbonyl (C=O) groups is 3. The Bertz CT molecular complexity index is 1190. The molecular formula is C24H23N3O5S. The molecule has 1 aliphatic rings. The Labute approximate surface area is 195 Å². The number of ketones is 1. The number of carbonyl (C=O) groups excluding carboxylic acids is 3. The Balaban J connectivity index is 1.56. The zero-order valence-electron chi connectivity index (χ0n) is 18.3. The van der Waals surface area contributed by atoms with Crippen LogP contribution in [0.3, 0.4) is 0 Å². The molecule has 1 N–H and O–H groups in total. The molecule has 0 fully saturated rings. The summed E-state index contributed by atoms with van der Waals surface area (Å²) in [5.41, 5.74) is 3.22. The highest BCUT2D eigenvalue weighted by molar-refractivity contribution is 7.09. The molecule has 33 heavy (non-hydrogen) atoms. The minimum Gasteiger partial charge on any atom is -0.482 e. The van der Waals surface area contributed by atoms with E-state index in [-0.39, 0.29) is 30.7 Å². The Morgan fingerprint density at radius 3 is 2.73 bits per heavy atom. The molecule has 2 amide bonds. The molecule has 2 heterocycles. The number of anilines is 2. The number of ether oxygens (including phenoxy) is 2. The Hall–Kier alpha value is -3.56. The fraction of sp³-hybridized carbons (Fsp3) is 0.250. The predicted octanol–water partition coefficient (Wildman–Crippen LogP) is 3.57.